The highest BCUT2D eigenvalue weighted by atomic mass is 16.5. The number of benzene rings is 1. The van der Waals surface area contributed by atoms with Gasteiger partial charge in [0.2, 0.25) is 0 Å². The maximum absolute atomic E-state index is 10.7. The lowest BCUT2D eigenvalue weighted by Crippen LogP contribution is -2.42. The smallest absolute Gasteiger partial charge is 0.125 e. The van der Waals surface area contributed by atoms with Gasteiger partial charge in [0.05, 0.1) is 6.10 Å². The first-order valence-corrected chi connectivity index (χ1v) is 10.7. The Morgan fingerprint density at radius 2 is 2.00 bits per heavy atom. The van der Waals surface area contributed by atoms with E-state index >= 15 is 0 Å². The van der Waals surface area contributed by atoms with Gasteiger partial charge in [-0.1, -0.05) is 19.9 Å². The molecule has 1 aromatic heterocycles. The van der Waals surface area contributed by atoms with E-state index in [4.69, 9.17) is 10.00 Å². The van der Waals surface area contributed by atoms with Gasteiger partial charge in [0.25, 0.3) is 0 Å². The fraction of sp³-hybridized carbons (Fsp3) is 0.542. The van der Waals surface area contributed by atoms with Crippen LogP contribution in [0.15, 0.2) is 30.5 Å². The summed E-state index contributed by atoms with van der Waals surface area (Å²) in [6.07, 6.45) is 3.05. The Balaban J connectivity index is 1.38. The van der Waals surface area contributed by atoms with Crippen molar-refractivity contribution in [2.75, 3.05) is 13.1 Å². The molecule has 1 aliphatic carbocycles. The van der Waals surface area contributed by atoms with Crippen molar-refractivity contribution in [2.24, 2.45) is 11.8 Å². The van der Waals surface area contributed by atoms with Crippen LogP contribution in [0.3, 0.4) is 0 Å². The van der Waals surface area contributed by atoms with Gasteiger partial charge in [-0.2, -0.15) is 5.26 Å². The van der Waals surface area contributed by atoms with Crippen LogP contribution in [0.1, 0.15) is 55.0 Å². The molecule has 1 saturated carbocycles. The molecule has 2 heterocycles. The number of H-pyrrole nitrogens is 1. The molecular weight excluding hydrogens is 362 g/mol. The van der Waals surface area contributed by atoms with E-state index in [0.29, 0.717) is 23.4 Å². The normalized spacial score (nSPS) is 27.0. The summed E-state index contributed by atoms with van der Waals surface area (Å²) < 4.78 is 6.25. The van der Waals surface area contributed by atoms with E-state index in [1.807, 2.05) is 18.3 Å². The zero-order valence-electron chi connectivity index (χ0n) is 17.6. The van der Waals surface area contributed by atoms with E-state index in [9.17, 15) is 5.11 Å². The van der Waals surface area contributed by atoms with Crippen LogP contribution in [0.2, 0.25) is 0 Å². The van der Waals surface area contributed by atoms with E-state index in [-0.39, 0.29) is 6.10 Å². The number of nitrogens with one attached hydrogen (secondary N) is 1. The number of hydrogen-bond donors (Lipinski definition) is 2. The molecule has 29 heavy (non-hydrogen) atoms. The third-order valence-electron chi connectivity index (χ3n) is 6.58. The lowest BCUT2D eigenvalue weighted by molar-refractivity contribution is -0.0231. The van der Waals surface area contributed by atoms with Crippen LogP contribution in [0.5, 0.6) is 5.75 Å². The number of aromatic nitrogens is 1. The highest BCUT2D eigenvalue weighted by molar-refractivity contribution is 5.36. The third kappa shape index (κ3) is 4.34. The maximum atomic E-state index is 10.7. The SMILES string of the molecule is Cc1cc(O[C@@H]2C[C@@H]3CN(Cc4c[nH]c(C#N)c4)C[C@@H]3C[C@H]2O)ccc1C(C)C. The van der Waals surface area contributed by atoms with Crippen molar-refractivity contribution in [1.29, 1.82) is 5.26 Å². The van der Waals surface area contributed by atoms with Gasteiger partial charge < -0.3 is 14.8 Å². The van der Waals surface area contributed by atoms with Crippen molar-refractivity contribution in [3.63, 3.8) is 0 Å². The molecule has 0 amide bonds. The summed E-state index contributed by atoms with van der Waals surface area (Å²) in [5.74, 6) is 2.43. The minimum absolute atomic E-state index is 0.141. The molecule has 2 aromatic rings. The number of aromatic amines is 1. The summed E-state index contributed by atoms with van der Waals surface area (Å²) in [5, 5.41) is 19.7. The molecule has 4 atom stereocenters. The molecule has 0 bridgehead atoms. The number of likely N-dealkylation sites (tertiary alicyclic amines) is 1. The molecule has 1 aliphatic heterocycles. The van der Waals surface area contributed by atoms with Crippen LogP contribution >= 0.6 is 0 Å². The summed E-state index contributed by atoms with van der Waals surface area (Å²) in [7, 11) is 0. The van der Waals surface area contributed by atoms with Gasteiger partial charge in [0.15, 0.2) is 0 Å². The molecule has 1 aromatic carbocycles. The number of hydrogen-bond acceptors (Lipinski definition) is 4. The molecule has 2 N–H and O–H groups in total. The van der Waals surface area contributed by atoms with Crippen molar-refractivity contribution in [3.8, 4) is 11.8 Å². The predicted molar refractivity (Wildman–Crippen MR) is 113 cm³/mol. The number of rotatable bonds is 5. The van der Waals surface area contributed by atoms with Gasteiger partial charge >= 0.3 is 0 Å². The number of aliphatic hydroxyl groups is 1. The van der Waals surface area contributed by atoms with Crippen molar-refractivity contribution in [3.05, 3.63) is 52.8 Å². The van der Waals surface area contributed by atoms with Crippen LogP contribution < -0.4 is 4.74 Å². The largest absolute Gasteiger partial charge is 0.488 e. The number of fused-ring (bicyclic) bond motifs is 1. The average molecular weight is 394 g/mol. The van der Waals surface area contributed by atoms with Gasteiger partial charge in [-0.25, -0.2) is 0 Å². The van der Waals surface area contributed by atoms with E-state index in [1.165, 1.54) is 11.1 Å². The fourth-order valence-electron chi connectivity index (χ4n) is 5.14. The molecule has 154 valence electrons. The first-order valence-electron chi connectivity index (χ1n) is 10.7. The number of nitriles is 1. The Bertz CT molecular complexity index is 898. The molecule has 0 spiro atoms. The van der Waals surface area contributed by atoms with E-state index in [0.717, 1.165) is 43.8 Å². The number of aryl methyl sites for hydroxylation is 1. The summed E-state index contributed by atoms with van der Waals surface area (Å²) in [5.41, 5.74) is 4.35. The van der Waals surface area contributed by atoms with Crippen molar-refractivity contribution >= 4 is 0 Å². The van der Waals surface area contributed by atoms with Crippen molar-refractivity contribution in [1.82, 2.24) is 9.88 Å². The Morgan fingerprint density at radius 3 is 2.66 bits per heavy atom. The van der Waals surface area contributed by atoms with Crippen LogP contribution in [0.4, 0.5) is 0 Å². The Kier molecular flexibility index (Phi) is 5.67. The van der Waals surface area contributed by atoms with Crippen molar-refractivity contribution < 1.29 is 9.84 Å². The van der Waals surface area contributed by atoms with Crippen LogP contribution in [0.25, 0.3) is 0 Å². The summed E-state index contributed by atoms with van der Waals surface area (Å²) >= 11 is 0. The first-order chi connectivity index (χ1) is 13.9. The Morgan fingerprint density at radius 1 is 1.24 bits per heavy atom. The van der Waals surface area contributed by atoms with Crippen LogP contribution in [0, 0.1) is 30.1 Å². The molecule has 0 unspecified atom stereocenters. The fourth-order valence-corrected chi connectivity index (χ4v) is 5.14. The number of aliphatic hydroxyl groups excluding tert-OH is 1. The van der Waals surface area contributed by atoms with Crippen molar-refractivity contribution in [2.45, 2.75) is 58.3 Å². The van der Waals surface area contributed by atoms with E-state index in [2.05, 4.69) is 48.9 Å². The van der Waals surface area contributed by atoms with E-state index in [1.54, 1.807) is 0 Å². The Labute approximate surface area is 173 Å². The molecule has 2 fully saturated rings. The van der Waals surface area contributed by atoms with Gasteiger partial charge in [0, 0.05) is 25.8 Å². The van der Waals surface area contributed by atoms with Gasteiger partial charge in [-0.15, -0.1) is 0 Å². The molecule has 2 aliphatic rings. The molecule has 4 rings (SSSR count). The first kappa shape index (κ1) is 20.0. The minimum atomic E-state index is -0.418. The minimum Gasteiger partial charge on any atom is -0.488 e. The molecular formula is C24H31N3O2. The quantitative estimate of drug-likeness (QED) is 0.806. The highest BCUT2D eigenvalue weighted by Gasteiger charge is 2.42. The standard InChI is InChI=1S/C24H31N3O2/c1-15(2)22-5-4-21(6-16(22)3)29-24-9-19-14-27(13-18(19)8-23(24)28)12-17-7-20(10-25)26-11-17/h4-7,11,15,18-19,23-24,26,28H,8-9,12-14H2,1-3H3/t18-,19+,23+,24+/m0/s1. The Hall–Kier alpha value is -2.29. The monoisotopic (exact) mass is 393 g/mol. The highest BCUT2D eigenvalue weighted by Crippen LogP contribution is 2.38. The summed E-state index contributed by atoms with van der Waals surface area (Å²) in [6.45, 7) is 9.41. The zero-order chi connectivity index (χ0) is 20.5. The lowest BCUT2D eigenvalue weighted by atomic mass is 9.78. The third-order valence-corrected chi connectivity index (χ3v) is 6.58. The van der Waals surface area contributed by atoms with Gasteiger partial charge in [0.1, 0.15) is 23.6 Å². The van der Waals surface area contributed by atoms with Gasteiger partial charge in [-0.3, -0.25) is 4.90 Å². The van der Waals surface area contributed by atoms with Crippen LogP contribution in [-0.2, 0) is 6.54 Å². The number of ether oxygens (including phenoxy) is 1. The number of nitrogens with zero attached hydrogens (tertiary/aromatic N) is 2. The average Bonchev–Trinajstić information content (AvgIpc) is 3.28. The lowest BCUT2D eigenvalue weighted by Gasteiger charge is -2.35. The second kappa shape index (κ2) is 8.22. The van der Waals surface area contributed by atoms with Gasteiger partial charge in [-0.05, 0) is 72.4 Å². The van der Waals surface area contributed by atoms with E-state index < -0.39 is 6.10 Å². The molecule has 5 heteroatoms. The molecule has 0 radical (unpaired) electrons. The zero-order valence-corrected chi connectivity index (χ0v) is 17.6. The molecule has 1 saturated heterocycles. The second-order valence-corrected chi connectivity index (χ2v) is 9.12. The summed E-state index contributed by atoms with van der Waals surface area (Å²) in [4.78, 5) is 5.44. The summed E-state index contributed by atoms with van der Waals surface area (Å²) in [6, 6.07) is 10.4. The predicted octanol–water partition coefficient (Wildman–Crippen LogP) is 3.97. The topological polar surface area (TPSA) is 72.3 Å². The molecule has 5 nitrogen and oxygen atoms in total. The second-order valence-electron chi connectivity index (χ2n) is 9.12. The van der Waals surface area contributed by atoms with Crippen LogP contribution in [-0.4, -0.2) is 40.3 Å². The maximum Gasteiger partial charge on any atom is 0.125 e.